The number of hydrogen-bond acceptors (Lipinski definition) is 4. The lowest BCUT2D eigenvalue weighted by Crippen LogP contribution is -2.24. The van der Waals surface area contributed by atoms with Crippen LogP contribution in [0.1, 0.15) is 11.3 Å². The van der Waals surface area contributed by atoms with E-state index in [1.165, 1.54) is 18.4 Å². The Labute approximate surface area is 130 Å². The molecular weight excluding hydrogens is 303 g/mol. The lowest BCUT2D eigenvalue weighted by Gasteiger charge is -2.03. The molecular formula is C16H13FN2O2S. The van der Waals surface area contributed by atoms with Gasteiger partial charge in [0.1, 0.15) is 12.1 Å². The van der Waals surface area contributed by atoms with Gasteiger partial charge in [-0.05, 0) is 29.1 Å². The molecule has 2 aromatic heterocycles. The molecule has 3 aromatic rings. The molecule has 6 heteroatoms. The average Bonchev–Trinajstić information content (AvgIpc) is 3.18. The van der Waals surface area contributed by atoms with Crippen LogP contribution in [-0.2, 0) is 17.8 Å². The molecule has 0 aliphatic rings. The van der Waals surface area contributed by atoms with Gasteiger partial charge in [-0.15, -0.1) is 11.3 Å². The number of thiophene rings is 1. The van der Waals surface area contributed by atoms with E-state index < -0.39 is 0 Å². The van der Waals surface area contributed by atoms with Crippen molar-refractivity contribution in [3.8, 4) is 10.8 Å². The number of carbonyl (C=O) groups is 1. The van der Waals surface area contributed by atoms with Gasteiger partial charge in [-0.1, -0.05) is 18.2 Å². The maximum absolute atomic E-state index is 12.8. The molecule has 0 spiro atoms. The van der Waals surface area contributed by atoms with Crippen LogP contribution in [0.25, 0.3) is 10.8 Å². The van der Waals surface area contributed by atoms with Crippen molar-refractivity contribution in [1.82, 2.24) is 10.3 Å². The van der Waals surface area contributed by atoms with Crippen LogP contribution in [-0.4, -0.2) is 10.9 Å². The van der Waals surface area contributed by atoms with Gasteiger partial charge in [-0.25, -0.2) is 9.37 Å². The van der Waals surface area contributed by atoms with Gasteiger partial charge >= 0.3 is 0 Å². The predicted octanol–water partition coefficient (Wildman–Crippen LogP) is 3.40. The topological polar surface area (TPSA) is 55.1 Å². The third-order valence-corrected chi connectivity index (χ3v) is 3.89. The molecule has 0 aliphatic carbocycles. The van der Waals surface area contributed by atoms with Crippen LogP contribution < -0.4 is 5.32 Å². The van der Waals surface area contributed by atoms with E-state index in [2.05, 4.69) is 10.3 Å². The second-order valence-electron chi connectivity index (χ2n) is 4.70. The van der Waals surface area contributed by atoms with Crippen molar-refractivity contribution < 1.29 is 13.6 Å². The summed E-state index contributed by atoms with van der Waals surface area (Å²) >= 11 is 1.54. The summed E-state index contributed by atoms with van der Waals surface area (Å²) in [5.41, 5.74) is 1.43. The summed E-state index contributed by atoms with van der Waals surface area (Å²) in [6, 6.07) is 9.72. The summed E-state index contributed by atoms with van der Waals surface area (Å²) in [7, 11) is 0. The standard InChI is InChI=1S/C16H13FN2O2S/c17-12-5-3-11(4-6-12)8-15(20)18-9-13-10-21-16(19-13)14-2-1-7-22-14/h1-7,10H,8-9H2,(H,18,20). The van der Waals surface area contributed by atoms with Gasteiger partial charge in [0.05, 0.1) is 23.5 Å². The number of nitrogens with one attached hydrogen (secondary N) is 1. The number of oxazole rings is 1. The van der Waals surface area contributed by atoms with Gasteiger partial charge < -0.3 is 9.73 Å². The lowest BCUT2D eigenvalue weighted by atomic mass is 10.1. The number of rotatable bonds is 5. The fourth-order valence-electron chi connectivity index (χ4n) is 1.94. The van der Waals surface area contributed by atoms with Crippen LogP contribution in [0.4, 0.5) is 4.39 Å². The SMILES string of the molecule is O=C(Cc1ccc(F)cc1)NCc1coc(-c2cccs2)n1. The fraction of sp³-hybridized carbons (Fsp3) is 0.125. The maximum Gasteiger partial charge on any atom is 0.236 e. The predicted molar refractivity (Wildman–Crippen MR) is 81.8 cm³/mol. The monoisotopic (exact) mass is 316 g/mol. The molecule has 0 saturated carbocycles. The quantitative estimate of drug-likeness (QED) is 0.785. The summed E-state index contributed by atoms with van der Waals surface area (Å²) in [5, 5.41) is 4.72. The zero-order chi connectivity index (χ0) is 15.4. The van der Waals surface area contributed by atoms with Gasteiger partial charge in [0.25, 0.3) is 0 Å². The van der Waals surface area contributed by atoms with E-state index in [4.69, 9.17) is 4.42 Å². The highest BCUT2D eigenvalue weighted by molar-refractivity contribution is 7.13. The van der Waals surface area contributed by atoms with Crippen molar-refractivity contribution in [3.05, 3.63) is 65.1 Å². The van der Waals surface area contributed by atoms with Crippen LogP contribution in [0.15, 0.2) is 52.5 Å². The largest absolute Gasteiger partial charge is 0.443 e. The molecule has 4 nitrogen and oxygen atoms in total. The first kappa shape index (κ1) is 14.5. The van der Waals surface area contributed by atoms with Crippen molar-refractivity contribution in [2.24, 2.45) is 0 Å². The van der Waals surface area contributed by atoms with Crippen LogP contribution in [0.3, 0.4) is 0 Å². The zero-order valence-electron chi connectivity index (χ0n) is 11.6. The lowest BCUT2D eigenvalue weighted by molar-refractivity contribution is -0.120. The first-order chi connectivity index (χ1) is 10.7. The van der Waals surface area contributed by atoms with Crippen LogP contribution in [0.2, 0.25) is 0 Å². The van der Waals surface area contributed by atoms with E-state index in [9.17, 15) is 9.18 Å². The second-order valence-corrected chi connectivity index (χ2v) is 5.65. The van der Waals surface area contributed by atoms with Gasteiger partial charge in [-0.2, -0.15) is 0 Å². The number of halogens is 1. The van der Waals surface area contributed by atoms with E-state index in [0.29, 0.717) is 18.1 Å². The van der Waals surface area contributed by atoms with E-state index in [0.717, 1.165) is 10.4 Å². The van der Waals surface area contributed by atoms with Gasteiger partial charge in [0.2, 0.25) is 11.8 Å². The Morgan fingerprint density at radius 2 is 2.09 bits per heavy atom. The maximum atomic E-state index is 12.8. The molecule has 22 heavy (non-hydrogen) atoms. The Bertz CT molecular complexity index is 751. The number of amides is 1. The van der Waals surface area contributed by atoms with E-state index in [1.54, 1.807) is 23.5 Å². The number of hydrogen-bond donors (Lipinski definition) is 1. The second kappa shape index (κ2) is 6.53. The molecule has 2 heterocycles. The molecule has 1 N–H and O–H groups in total. The Morgan fingerprint density at radius 1 is 1.27 bits per heavy atom. The summed E-state index contributed by atoms with van der Waals surface area (Å²) < 4.78 is 18.2. The molecule has 0 aliphatic heterocycles. The van der Waals surface area contributed by atoms with Crippen molar-refractivity contribution in [1.29, 1.82) is 0 Å². The minimum absolute atomic E-state index is 0.146. The Hall–Kier alpha value is -2.47. The van der Waals surface area contributed by atoms with Crippen molar-refractivity contribution >= 4 is 17.2 Å². The highest BCUT2D eigenvalue weighted by Crippen LogP contribution is 2.23. The molecule has 0 saturated heterocycles. The minimum Gasteiger partial charge on any atom is -0.443 e. The first-order valence-electron chi connectivity index (χ1n) is 6.70. The van der Waals surface area contributed by atoms with Crippen LogP contribution >= 0.6 is 11.3 Å². The number of nitrogens with zero attached hydrogens (tertiary/aromatic N) is 1. The van der Waals surface area contributed by atoms with Gasteiger partial charge in [-0.3, -0.25) is 4.79 Å². The first-order valence-corrected chi connectivity index (χ1v) is 7.58. The molecule has 3 rings (SSSR count). The third-order valence-electron chi connectivity index (χ3n) is 3.03. The molecule has 0 fully saturated rings. The normalized spacial score (nSPS) is 10.6. The fourth-order valence-corrected chi connectivity index (χ4v) is 2.60. The smallest absolute Gasteiger partial charge is 0.236 e. The molecule has 0 atom stereocenters. The summed E-state index contributed by atoms with van der Waals surface area (Å²) in [6.45, 7) is 0.300. The van der Waals surface area contributed by atoms with Crippen LogP contribution in [0, 0.1) is 5.82 Å². The van der Waals surface area contributed by atoms with Gasteiger partial charge in [0.15, 0.2) is 0 Å². The highest BCUT2D eigenvalue weighted by Gasteiger charge is 2.09. The number of benzene rings is 1. The average molecular weight is 316 g/mol. The Kier molecular flexibility index (Phi) is 4.29. The van der Waals surface area contributed by atoms with Crippen molar-refractivity contribution in [2.75, 3.05) is 0 Å². The van der Waals surface area contributed by atoms with Crippen molar-refractivity contribution in [3.63, 3.8) is 0 Å². The van der Waals surface area contributed by atoms with Crippen molar-refractivity contribution in [2.45, 2.75) is 13.0 Å². The molecule has 0 bridgehead atoms. The number of aromatic nitrogens is 1. The summed E-state index contributed by atoms with van der Waals surface area (Å²) in [6.07, 6.45) is 1.74. The van der Waals surface area contributed by atoms with E-state index in [1.807, 2.05) is 17.5 Å². The molecule has 112 valence electrons. The Morgan fingerprint density at radius 3 is 2.82 bits per heavy atom. The molecule has 1 aromatic carbocycles. The van der Waals surface area contributed by atoms with E-state index >= 15 is 0 Å². The summed E-state index contributed by atoms with van der Waals surface area (Å²) in [5.74, 6) is 0.0953. The third kappa shape index (κ3) is 3.59. The van der Waals surface area contributed by atoms with E-state index in [-0.39, 0.29) is 18.1 Å². The zero-order valence-corrected chi connectivity index (χ0v) is 12.4. The molecule has 0 radical (unpaired) electrons. The molecule has 0 unspecified atom stereocenters. The Balaban J connectivity index is 1.54. The summed E-state index contributed by atoms with van der Waals surface area (Å²) in [4.78, 5) is 17.1. The minimum atomic E-state index is -0.312. The highest BCUT2D eigenvalue weighted by atomic mass is 32.1. The van der Waals surface area contributed by atoms with Crippen LogP contribution in [0.5, 0.6) is 0 Å². The molecule has 1 amide bonds. The number of carbonyl (C=O) groups excluding carboxylic acids is 1. The van der Waals surface area contributed by atoms with Gasteiger partial charge in [0, 0.05) is 0 Å².